The van der Waals surface area contributed by atoms with Crippen LogP contribution in [0.1, 0.15) is 38.6 Å². The normalized spacial score (nSPS) is 12.2. The number of aryl methyl sites for hydroxylation is 2. The first-order valence-corrected chi connectivity index (χ1v) is 7.02. The van der Waals surface area contributed by atoms with E-state index in [0.29, 0.717) is 11.3 Å². The van der Waals surface area contributed by atoms with Gasteiger partial charge in [-0.15, -0.1) is 11.3 Å². The number of anilines is 1. The molecule has 1 aromatic carbocycles. The molecule has 1 atom stereocenters. The van der Waals surface area contributed by atoms with Gasteiger partial charge in [-0.3, -0.25) is 4.79 Å². The molecule has 1 amide bonds. The van der Waals surface area contributed by atoms with Gasteiger partial charge >= 0.3 is 0 Å². The van der Waals surface area contributed by atoms with E-state index in [1.54, 1.807) is 17.4 Å². The number of rotatable bonds is 3. The Balaban J connectivity index is 2.12. The first-order chi connectivity index (χ1) is 8.97. The molecule has 0 aliphatic heterocycles. The van der Waals surface area contributed by atoms with E-state index in [0.717, 1.165) is 10.4 Å². The van der Waals surface area contributed by atoms with Crippen LogP contribution in [0.15, 0.2) is 30.3 Å². The molecule has 100 valence electrons. The molecule has 1 aromatic heterocycles. The van der Waals surface area contributed by atoms with Crippen molar-refractivity contribution in [3.63, 3.8) is 0 Å². The van der Waals surface area contributed by atoms with Crippen LogP contribution >= 0.6 is 11.3 Å². The Morgan fingerprint density at radius 2 is 2.00 bits per heavy atom. The Hall–Kier alpha value is -1.81. The molecule has 3 nitrogen and oxygen atoms in total. The Labute approximate surface area is 117 Å². The van der Waals surface area contributed by atoms with Crippen LogP contribution in [-0.4, -0.2) is 5.91 Å². The zero-order valence-electron chi connectivity index (χ0n) is 11.4. The number of hydrogen-bond acceptors (Lipinski definition) is 3. The van der Waals surface area contributed by atoms with E-state index in [1.807, 2.05) is 32.0 Å². The third kappa shape index (κ3) is 3.15. The van der Waals surface area contributed by atoms with Gasteiger partial charge in [0.1, 0.15) is 0 Å². The number of nitrogens with one attached hydrogen (secondary N) is 1. The molecule has 1 heterocycles. The molecule has 0 saturated carbocycles. The summed E-state index contributed by atoms with van der Waals surface area (Å²) in [7, 11) is 0. The molecule has 0 bridgehead atoms. The van der Waals surface area contributed by atoms with Crippen LogP contribution in [0.2, 0.25) is 0 Å². The zero-order valence-corrected chi connectivity index (χ0v) is 12.2. The SMILES string of the molecule is Cc1ccc(C(=O)NC(C)c2ccc(C)s2)c(N)c1. The van der Waals surface area contributed by atoms with Gasteiger partial charge < -0.3 is 11.1 Å². The third-order valence-electron chi connectivity index (χ3n) is 2.99. The number of nitrogens with two attached hydrogens (primary N) is 1. The highest BCUT2D eigenvalue weighted by atomic mass is 32.1. The second-order valence-corrected chi connectivity index (χ2v) is 6.05. The second kappa shape index (κ2) is 5.45. The fraction of sp³-hybridized carbons (Fsp3) is 0.267. The molecule has 0 saturated heterocycles. The maximum atomic E-state index is 12.2. The summed E-state index contributed by atoms with van der Waals surface area (Å²) in [5.74, 6) is -0.129. The van der Waals surface area contributed by atoms with Crippen LogP contribution in [0, 0.1) is 13.8 Å². The van der Waals surface area contributed by atoms with Gasteiger partial charge in [-0.2, -0.15) is 0 Å². The minimum atomic E-state index is -0.129. The fourth-order valence-corrected chi connectivity index (χ4v) is 2.80. The average Bonchev–Trinajstić information content (AvgIpc) is 2.75. The molecule has 0 fully saturated rings. The molecule has 0 aliphatic rings. The van der Waals surface area contributed by atoms with Crippen molar-refractivity contribution >= 4 is 22.9 Å². The van der Waals surface area contributed by atoms with Crippen molar-refractivity contribution in [1.29, 1.82) is 0 Å². The molecule has 1 unspecified atom stereocenters. The molecule has 0 radical (unpaired) electrons. The quantitative estimate of drug-likeness (QED) is 0.842. The first-order valence-electron chi connectivity index (χ1n) is 6.20. The van der Waals surface area contributed by atoms with Crippen LogP contribution in [0.3, 0.4) is 0 Å². The van der Waals surface area contributed by atoms with Gasteiger partial charge in [-0.1, -0.05) is 6.07 Å². The van der Waals surface area contributed by atoms with Gasteiger partial charge in [0.05, 0.1) is 11.6 Å². The summed E-state index contributed by atoms with van der Waals surface area (Å²) < 4.78 is 0. The molecular formula is C15H18N2OS. The summed E-state index contributed by atoms with van der Waals surface area (Å²) >= 11 is 1.69. The summed E-state index contributed by atoms with van der Waals surface area (Å²) in [6.45, 7) is 5.99. The number of carbonyl (C=O) groups excluding carboxylic acids is 1. The zero-order chi connectivity index (χ0) is 14.0. The number of hydrogen-bond donors (Lipinski definition) is 2. The standard InChI is InChI=1S/C15H18N2OS/c1-9-4-6-12(13(16)8-9)15(18)17-11(3)14-7-5-10(2)19-14/h4-8,11H,16H2,1-3H3,(H,17,18). The Morgan fingerprint density at radius 1 is 1.26 bits per heavy atom. The van der Waals surface area contributed by atoms with Crippen LogP contribution < -0.4 is 11.1 Å². The lowest BCUT2D eigenvalue weighted by Gasteiger charge is -2.13. The molecule has 4 heteroatoms. The largest absolute Gasteiger partial charge is 0.398 e. The average molecular weight is 274 g/mol. The van der Waals surface area contributed by atoms with Crippen LogP contribution in [-0.2, 0) is 0 Å². The lowest BCUT2D eigenvalue weighted by Crippen LogP contribution is -2.26. The molecule has 2 rings (SSSR count). The van der Waals surface area contributed by atoms with Crippen molar-refractivity contribution in [3.05, 3.63) is 51.2 Å². The van der Waals surface area contributed by atoms with Gasteiger partial charge in [-0.05, 0) is 50.6 Å². The molecule has 3 N–H and O–H groups in total. The van der Waals surface area contributed by atoms with Crippen molar-refractivity contribution in [2.75, 3.05) is 5.73 Å². The Morgan fingerprint density at radius 3 is 2.58 bits per heavy atom. The van der Waals surface area contributed by atoms with Crippen LogP contribution in [0.5, 0.6) is 0 Å². The summed E-state index contributed by atoms with van der Waals surface area (Å²) in [4.78, 5) is 14.6. The monoisotopic (exact) mass is 274 g/mol. The minimum absolute atomic E-state index is 0.00750. The van der Waals surface area contributed by atoms with Gasteiger partial charge in [0.2, 0.25) is 0 Å². The third-order valence-corrected chi connectivity index (χ3v) is 4.17. The van der Waals surface area contributed by atoms with Gasteiger partial charge in [0, 0.05) is 15.4 Å². The molecule has 0 aliphatic carbocycles. The van der Waals surface area contributed by atoms with Gasteiger partial charge in [0.25, 0.3) is 5.91 Å². The summed E-state index contributed by atoms with van der Waals surface area (Å²) in [6, 6.07) is 9.57. The smallest absolute Gasteiger partial charge is 0.253 e. The van der Waals surface area contributed by atoms with Gasteiger partial charge in [0.15, 0.2) is 0 Å². The van der Waals surface area contributed by atoms with Crippen molar-refractivity contribution in [2.24, 2.45) is 0 Å². The highest BCUT2D eigenvalue weighted by Crippen LogP contribution is 2.23. The van der Waals surface area contributed by atoms with Gasteiger partial charge in [-0.25, -0.2) is 0 Å². The number of benzene rings is 1. The summed E-state index contributed by atoms with van der Waals surface area (Å²) in [5.41, 5.74) is 7.99. The number of thiophene rings is 1. The van der Waals surface area contributed by atoms with E-state index < -0.39 is 0 Å². The topological polar surface area (TPSA) is 55.1 Å². The number of carbonyl (C=O) groups is 1. The Kier molecular flexibility index (Phi) is 3.90. The van der Waals surface area contributed by atoms with Crippen molar-refractivity contribution in [1.82, 2.24) is 5.32 Å². The van der Waals surface area contributed by atoms with E-state index in [1.165, 1.54) is 4.88 Å². The molecule has 2 aromatic rings. The predicted molar refractivity (Wildman–Crippen MR) is 80.5 cm³/mol. The minimum Gasteiger partial charge on any atom is -0.398 e. The van der Waals surface area contributed by atoms with E-state index in [-0.39, 0.29) is 11.9 Å². The maximum absolute atomic E-state index is 12.2. The lowest BCUT2D eigenvalue weighted by molar-refractivity contribution is 0.0941. The lowest BCUT2D eigenvalue weighted by atomic mass is 10.1. The summed E-state index contributed by atoms with van der Waals surface area (Å²) in [5, 5.41) is 2.98. The maximum Gasteiger partial charge on any atom is 0.253 e. The van der Waals surface area contributed by atoms with E-state index in [2.05, 4.69) is 18.3 Å². The molecular weight excluding hydrogens is 256 g/mol. The van der Waals surface area contributed by atoms with Crippen molar-refractivity contribution in [3.8, 4) is 0 Å². The molecule has 19 heavy (non-hydrogen) atoms. The fourth-order valence-electron chi connectivity index (χ4n) is 1.92. The van der Waals surface area contributed by atoms with E-state index in [4.69, 9.17) is 5.73 Å². The number of nitrogen functional groups attached to an aromatic ring is 1. The number of amides is 1. The second-order valence-electron chi connectivity index (χ2n) is 4.73. The van der Waals surface area contributed by atoms with Crippen LogP contribution in [0.4, 0.5) is 5.69 Å². The summed E-state index contributed by atoms with van der Waals surface area (Å²) in [6.07, 6.45) is 0. The predicted octanol–water partition coefficient (Wildman–Crippen LogP) is 3.44. The van der Waals surface area contributed by atoms with E-state index >= 15 is 0 Å². The molecule has 0 spiro atoms. The first kappa shape index (κ1) is 13.6. The van der Waals surface area contributed by atoms with E-state index in [9.17, 15) is 4.79 Å². The Bertz CT molecular complexity index is 604. The highest BCUT2D eigenvalue weighted by molar-refractivity contribution is 7.12. The highest BCUT2D eigenvalue weighted by Gasteiger charge is 2.14. The van der Waals surface area contributed by atoms with Crippen LogP contribution in [0.25, 0.3) is 0 Å². The van der Waals surface area contributed by atoms with Crippen molar-refractivity contribution < 1.29 is 4.79 Å². The van der Waals surface area contributed by atoms with Crippen molar-refractivity contribution in [2.45, 2.75) is 26.8 Å².